The molecule has 0 atom stereocenters. The minimum atomic E-state index is -0.937. The van der Waals surface area contributed by atoms with E-state index in [-0.39, 0.29) is 13.0 Å². The molecular formula is C13H24N2O4. The summed E-state index contributed by atoms with van der Waals surface area (Å²) in [7, 11) is 3.25. The summed E-state index contributed by atoms with van der Waals surface area (Å²) < 4.78 is 5.65. The first kappa shape index (κ1) is 19.6. The van der Waals surface area contributed by atoms with Crippen molar-refractivity contribution >= 4 is 12.3 Å². The average molecular weight is 272 g/mol. The Morgan fingerprint density at radius 2 is 1.84 bits per heavy atom. The maximum Gasteiger partial charge on any atom is 0.325 e. The number of hydrogen-bond acceptors (Lipinski definition) is 4. The van der Waals surface area contributed by atoms with E-state index in [1.54, 1.807) is 21.1 Å². The number of carboxylic acids is 1. The van der Waals surface area contributed by atoms with Crippen LogP contribution in [-0.4, -0.2) is 41.4 Å². The summed E-state index contributed by atoms with van der Waals surface area (Å²) in [6.07, 6.45) is 0.999. The van der Waals surface area contributed by atoms with Gasteiger partial charge < -0.3 is 14.6 Å². The molecular weight excluding hydrogens is 248 g/mol. The molecule has 0 aliphatic heterocycles. The van der Waals surface area contributed by atoms with Crippen molar-refractivity contribution in [2.24, 2.45) is 0 Å². The van der Waals surface area contributed by atoms with Crippen molar-refractivity contribution in [1.82, 2.24) is 9.78 Å². The zero-order valence-corrected chi connectivity index (χ0v) is 12.6. The minimum Gasteiger partial charge on any atom is -0.480 e. The van der Waals surface area contributed by atoms with Gasteiger partial charge in [0.2, 0.25) is 0 Å². The van der Waals surface area contributed by atoms with Crippen LogP contribution in [-0.2, 0) is 27.3 Å². The summed E-state index contributed by atoms with van der Waals surface area (Å²) in [5.41, 5.74) is 2.33. The molecule has 0 bridgehead atoms. The van der Waals surface area contributed by atoms with E-state index in [4.69, 9.17) is 5.11 Å². The Morgan fingerprint density at radius 1 is 1.37 bits per heavy atom. The summed E-state index contributed by atoms with van der Waals surface area (Å²) in [4.78, 5) is 20.8. The van der Waals surface area contributed by atoms with Crippen LogP contribution in [0.4, 0.5) is 0 Å². The van der Waals surface area contributed by atoms with Crippen LogP contribution >= 0.6 is 0 Å². The molecule has 0 fully saturated rings. The number of ether oxygens (including phenoxy) is 1. The molecule has 6 heteroatoms. The van der Waals surface area contributed by atoms with E-state index in [9.17, 15) is 9.59 Å². The molecule has 0 amide bonds. The van der Waals surface area contributed by atoms with Gasteiger partial charge in [-0.05, 0) is 19.4 Å². The van der Waals surface area contributed by atoms with Gasteiger partial charge in [0.25, 0.3) is 0 Å². The fourth-order valence-electron chi connectivity index (χ4n) is 1.25. The number of carboxylic acid groups (broad SMARTS) is 1. The summed E-state index contributed by atoms with van der Waals surface area (Å²) in [6, 6.07) is 0. The second-order valence-corrected chi connectivity index (χ2v) is 3.49. The number of rotatable bonds is 4. The van der Waals surface area contributed by atoms with Crippen molar-refractivity contribution in [1.29, 1.82) is 0 Å². The molecule has 0 aromatic carbocycles. The molecule has 0 spiro atoms. The number of carbonyl (C=O) groups excluding carboxylic acids is 1. The van der Waals surface area contributed by atoms with Crippen molar-refractivity contribution in [3.05, 3.63) is 17.0 Å². The number of methoxy groups -OCH3 is 1. The third-order valence-electron chi connectivity index (χ3n) is 2.17. The third kappa shape index (κ3) is 7.35. The molecule has 6 nitrogen and oxygen atoms in total. The van der Waals surface area contributed by atoms with E-state index in [0.717, 1.165) is 17.5 Å². The monoisotopic (exact) mass is 272 g/mol. The Balaban J connectivity index is 0. The van der Waals surface area contributed by atoms with Gasteiger partial charge in [-0.1, -0.05) is 13.8 Å². The quantitative estimate of drug-likeness (QED) is 0.842. The predicted molar refractivity (Wildman–Crippen MR) is 73.4 cm³/mol. The lowest BCUT2D eigenvalue weighted by Crippen LogP contribution is -2.11. The average Bonchev–Trinajstić information content (AvgIpc) is 2.61. The van der Waals surface area contributed by atoms with Gasteiger partial charge in [-0.25, -0.2) is 0 Å². The van der Waals surface area contributed by atoms with Gasteiger partial charge in [0.15, 0.2) is 0 Å². The van der Waals surface area contributed by atoms with Gasteiger partial charge in [0, 0.05) is 26.3 Å². The summed E-state index contributed by atoms with van der Waals surface area (Å²) >= 11 is 0. The van der Waals surface area contributed by atoms with E-state index in [0.29, 0.717) is 5.69 Å². The second kappa shape index (κ2) is 11.4. The van der Waals surface area contributed by atoms with Gasteiger partial charge >= 0.3 is 5.97 Å². The molecule has 0 aliphatic carbocycles. The fraction of sp³-hybridized carbons (Fsp3) is 0.615. The van der Waals surface area contributed by atoms with Crippen molar-refractivity contribution in [2.45, 2.75) is 40.7 Å². The highest BCUT2D eigenvalue weighted by molar-refractivity contribution is 5.66. The maximum absolute atomic E-state index is 10.5. The molecule has 1 aromatic rings. The van der Waals surface area contributed by atoms with E-state index < -0.39 is 5.97 Å². The minimum absolute atomic E-state index is 0.161. The Hall–Kier alpha value is -1.69. The number of carbonyl (C=O) groups is 2. The molecule has 1 heterocycles. The Kier molecular flexibility index (Phi) is 11.8. The zero-order valence-electron chi connectivity index (χ0n) is 12.6. The highest BCUT2D eigenvalue weighted by Gasteiger charge is 2.11. The molecule has 1 aromatic heterocycles. The third-order valence-corrected chi connectivity index (χ3v) is 2.17. The number of aldehydes is 1. The Morgan fingerprint density at radius 3 is 2.21 bits per heavy atom. The fourth-order valence-corrected chi connectivity index (χ4v) is 1.25. The lowest BCUT2D eigenvalue weighted by Gasteiger charge is -1.98. The summed E-state index contributed by atoms with van der Waals surface area (Å²) in [6.45, 7) is 7.46. The largest absolute Gasteiger partial charge is 0.480 e. The number of nitrogens with zero attached hydrogens (tertiary/aromatic N) is 2. The van der Waals surface area contributed by atoms with Crippen LogP contribution in [0.3, 0.4) is 0 Å². The normalized spacial score (nSPS) is 8.74. The van der Waals surface area contributed by atoms with Crippen LogP contribution in [0.2, 0.25) is 0 Å². The van der Waals surface area contributed by atoms with E-state index >= 15 is 0 Å². The van der Waals surface area contributed by atoms with Crippen molar-refractivity contribution < 1.29 is 19.4 Å². The van der Waals surface area contributed by atoms with Crippen LogP contribution in [0, 0.1) is 13.8 Å². The first-order valence-electron chi connectivity index (χ1n) is 6.06. The molecule has 19 heavy (non-hydrogen) atoms. The number of aliphatic carboxylic acids is 1. The van der Waals surface area contributed by atoms with Crippen LogP contribution in [0.1, 0.15) is 30.8 Å². The van der Waals surface area contributed by atoms with Crippen molar-refractivity contribution in [3.8, 4) is 0 Å². The van der Waals surface area contributed by atoms with E-state index in [2.05, 4.69) is 9.84 Å². The van der Waals surface area contributed by atoms with Crippen LogP contribution in [0.25, 0.3) is 0 Å². The van der Waals surface area contributed by atoms with Crippen molar-refractivity contribution in [2.75, 3.05) is 14.2 Å². The van der Waals surface area contributed by atoms with Gasteiger partial charge in [0.1, 0.15) is 12.8 Å². The van der Waals surface area contributed by atoms with Gasteiger partial charge in [-0.15, -0.1) is 0 Å². The molecule has 110 valence electrons. The SMILES string of the molecule is CC.COC.Cc1c(CC=O)nn(CC(=O)O)c1C. The van der Waals surface area contributed by atoms with Gasteiger partial charge in [0.05, 0.1) is 5.69 Å². The lowest BCUT2D eigenvalue weighted by atomic mass is 10.2. The molecule has 0 saturated heterocycles. The summed E-state index contributed by atoms with van der Waals surface area (Å²) in [5, 5.41) is 12.6. The molecule has 0 saturated carbocycles. The highest BCUT2D eigenvalue weighted by Crippen LogP contribution is 2.11. The van der Waals surface area contributed by atoms with Gasteiger partial charge in [-0.2, -0.15) is 5.10 Å². The first-order chi connectivity index (χ1) is 8.97. The van der Waals surface area contributed by atoms with E-state index in [1.807, 2.05) is 20.8 Å². The molecule has 1 rings (SSSR count). The van der Waals surface area contributed by atoms with E-state index in [1.165, 1.54) is 4.68 Å². The Bertz CT molecular complexity index is 386. The molecule has 1 N–H and O–H groups in total. The smallest absolute Gasteiger partial charge is 0.325 e. The Labute approximate surface area is 114 Å². The maximum atomic E-state index is 10.5. The zero-order chi connectivity index (χ0) is 15.4. The molecule has 0 radical (unpaired) electrons. The number of hydrogen-bond donors (Lipinski definition) is 1. The molecule has 0 unspecified atom stereocenters. The number of aromatic nitrogens is 2. The standard InChI is InChI=1S/C9H12N2O3.C2H6O.C2H6/c1-6-7(2)11(5-9(13)14)10-8(6)3-4-12;1-3-2;1-2/h4H,3,5H2,1-2H3,(H,13,14);1-2H3;1-2H3. The lowest BCUT2D eigenvalue weighted by molar-refractivity contribution is -0.137. The van der Waals surface area contributed by atoms with Gasteiger partial charge in [-0.3, -0.25) is 9.48 Å². The highest BCUT2D eigenvalue weighted by atomic mass is 16.4. The topological polar surface area (TPSA) is 81.4 Å². The molecule has 0 aliphatic rings. The van der Waals surface area contributed by atoms with Crippen molar-refractivity contribution in [3.63, 3.8) is 0 Å². The first-order valence-corrected chi connectivity index (χ1v) is 6.06. The second-order valence-electron chi connectivity index (χ2n) is 3.49. The predicted octanol–water partition coefficient (Wildman–Crippen LogP) is 1.61. The summed E-state index contributed by atoms with van der Waals surface area (Å²) in [5.74, 6) is -0.937. The van der Waals surface area contributed by atoms with Crippen LogP contribution < -0.4 is 0 Å². The van der Waals surface area contributed by atoms with Crippen LogP contribution in [0.5, 0.6) is 0 Å². The van der Waals surface area contributed by atoms with Crippen LogP contribution in [0.15, 0.2) is 0 Å².